The van der Waals surface area contributed by atoms with Crippen molar-refractivity contribution in [2.75, 3.05) is 13.1 Å². The van der Waals surface area contributed by atoms with E-state index in [0.29, 0.717) is 18.6 Å². The molecule has 0 radical (unpaired) electrons. The SMILES string of the molecule is C#Cc1ccc(COc2ccccc2CCN(CCCCC(=O)O)C2CCCc3cc(C(=O)O)ccc32)cc1. The third-order valence-corrected chi connectivity index (χ3v) is 7.36. The molecule has 3 aromatic rings. The fourth-order valence-corrected chi connectivity index (χ4v) is 5.29. The average Bonchev–Trinajstić information content (AvgIpc) is 2.95. The van der Waals surface area contributed by atoms with Gasteiger partial charge in [0.05, 0.1) is 5.56 Å². The van der Waals surface area contributed by atoms with Crippen LogP contribution < -0.4 is 4.74 Å². The monoisotopic (exact) mass is 525 g/mol. The number of carbonyl (C=O) groups is 2. The number of unbranched alkanes of at least 4 members (excludes halogenated alkanes) is 1. The number of hydrogen-bond acceptors (Lipinski definition) is 4. The number of ether oxygens (including phenoxy) is 1. The Morgan fingerprint density at radius 2 is 1.79 bits per heavy atom. The number of hydrogen-bond donors (Lipinski definition) is 2. The molecule has 0 aliphatic heterocycles. The van der Waals surface area contributed by atoms with Crippen LogP contribution in [0.5, 0.6) is 5.75 Å². The maximum absolute atomic E-state index is 11.5. The predicted octanol–water partition coefficient (Wildman–Crippen LogP) is 6.12. The molecule has 0 spiro atoms. The van der Waals surface area contributed by atoms with E-state index in [2.05, 4.69) is 16.9 Å². The number of carboxylic acids is 2. The zero-order valence-electron chi connectivity index (χ0n) is 22.1. The second kappa shape index (κ2) is 13.6. The van der Waals surface area contributed by atoms with Gasteiger partial charge in [-0.05, 0) is 97.7 Å². The molecule has 0 heterocycles. The Morgan fingerprint density at radius 1 is 1.00 bits per heavy atom. The van der Waals surface area contributed by atoms with Gasteiger partial charge in [0.2, 0.25) is 0 Å². The summed E-state index contributed by atoms with van der Waals surface area (Å²) in [6.07, 6.45) is 10.7. The van der Waals surface area contributed by atoms with E-state index < -0.39 is 11.9 Å². The summed E-state index contributed by atoms with van der Waals surface area (Å²) in [6.45, 7) is 2.01. The lowest BCUT2D eigenvalue weighted by Gasteiger charge is -2.36. The molecular formula is C33H35NO5. The minimum Gasteiger partial charge on any atom is -0.489 e. The molecule has 1 atom stereocenters. The number of aromatic carboxylic acids is 1. The van der Waals surface area contributed by atoms with E-state index in [1.165, 1.54) is 5.56 Å². The summed E-state index contributed by atoms with van der Waals surface area (Å²) in [5.74, 6) is 1.79. The van der Waals surface area contributed by atoms with Crippen LogP contribution >= 0.6 is 0 Å². The van der Waals surface area contributed by atoms with Gasteiger partial charge in [0, 0.05) is 24.6 Å². The summed E-state index contributed by atoms with van der Waals surface area (Å²) in [6, 6.07) is 21.5. The van der Waals surface area contributed by atoms with Gasteiger partial charge in [-0.25, -0.2) is 4.79 Å². The van der Waals surface area contributed by atoms with Gasteiger partial charge in [0.1, 0.15) is 12.4 Å². The maximum Gasteiger partial charge on any atom is 0.335 e. The molecule has 3 aromatic carbocycles. The summed E-state index contributed by atoms with van der Waals surface area (Å²) < 4.78 is 6.20. The van der Waals surface area contributed by atoms with Crippen LogP contribution in [0.1, 0.15) is 76.3 Å². The zero-order valence-corrected chi connectivity index (χ0v) is 22.1. The van der Waals surface area contributed by atoms with Crippen molar-refractivity contribution in [2.45, 2.75) is 57.6 Å². The molecule has 0 amide bonds. The number of benzene rings is 3. The molecule has 1 aliphatic carbocycles. The Bertz CT molecular complexity index is 1320. The van der Waals surface area contributed by atoms with Crippen LogP contribution in [0.4, 0.5) is 0 Å². The highest BCUT2D eigenvalue weighted by molar-refractivity contribution is 5.88. The first kappa shape index (κ1) is 27.9. The molecule has 0 saturated heterocycles. The molecule has 2 N–H and O–H groups in total. The van der Waals surface area contributed by atoms with Gasteiger partial charge in [-0.15, -0.1) is 6.42 Å². The van der Waals surface area contributed by atoms with Crippen molar-refractivity contribution in [3.63, 3.8) is 0 Å². The van der Waals surface area contributed by atoms with Crippen molar-refractivity contribution in [1.29, 1.82) is 0 Å². The quantitative estimate of drug-likeness (QED) is 0.206. The largest absolute Gasteiger partial charge is 0.489 e. The van der Waals surface area contributed by atoms with Crippen molar-refractivity contribution >= 4 is 11.9 Å². The number of para-hydroxylation sites is 1. The Balaban J connectivity index is 1.48. The molecule has 0 aromatic heterocycles. The summed E-state index contributed by atoms with van der Waals surface area (Å²) in [7, 11) is 0. The van der Waals surface area contributed by atoms with Gasteiger partial charge in [-0.2, -0.15) is 0 Å². The molecule has 0 fully saturated rings. The number of fused-ring (bicyclic) bond motifs is 1. The lowest BCUT2D eigenvalue weighted by molar-refractivity contribution is -0.137. The van der Waals surface area contributed by atoms with Crippen molar-refractivity contribution in [2.24, 2.45) is 0 Å². The van der Waals surface area contributed by atoms with Crippen LogP contribution in [0.2, 0.25) is 0 Å². The molecule has 39 heavy (non-hydrogen) atoms. The van der Waals surface area contributed by atoms with E-state index in [9.17, 15) is 14.7 Å². The van der Waals surface area contributed by atoms with E-state index in [-0.39, 0.29) is 12.5 Å². The number of carboxylic acid groups (broad SMARTS) is 2. The van der Waals surface area contributed by atoms with Crippen LogP contribution in [0.15, 0.2) is 66.7 Å². The van der Waals surface area contributed by atoms with Gasteiger partial charge in [-0.3, -0.25) is 9.69 Å². The molecule has 0 bridgehead atoms. The summed E-state index contributed by atoms with van der Waals surface area (Å²) in [5, 5.41) is 18.5. The van der Waals surface area contributed by atoms with E-state index >= 15 is 0 Å². The summed E-state index contributed by atoms with van der Waals surface area (Å²) in [5.41, 5.74) is 5.60. The van der Waals surface area contributed by atoms with Crippen LogP contribution in [0, 0.1) is 12.3 Å². The first-order chi connectivity index (χ1) is 18.9. The van der Waals surface area contributed by atoms with Crippen LogP contribution in [-0.4, -0.2) is 40.1 Å². The van der Waals surface area contributed by atoms with Gasteiger partial charge in [-0.1, -0.05) is 42.3 Å². The number of terminal acetylenes is 1. The number of rotatable bonds is 13. The van der Waals surface area contributed by atoms with E-state index in [0.717, 1.165) is 73.2 Å². The number of aliphatic carboxylic acids is 1. The molecule has 4 rings (SSSR count). The van der Waals surface area contributed by atoms with Crippen LogP contribution in [0.3, 0.4) is 0 Å². The average molecular weight is 526 g/mol. The molecular weight excluding hydrogens is 490 g/mol. The van der Waals surface area contributed by atoms with Gasteiger partial charge in [0.15, 0.2) is 0 Å². The third kappa shape index (κ3) is 7.72. The Hall–Kier alpha value is -4.08. The second-order valence-electron chi connectivity index (χ2n) is 10.0. The van der Waals surface area contributed by atoms with E-state index in [1.807, 2.05) is 54.6 Å². The zero-order chi connectivity index (χ0) is 27.6. The molecule has 6 heteroatoms. The van der Waals surface area contributed by atoms with Crippen LogP contribution in [-0.2, 0) is 24.2 Å². The number of aryl methyl sites for hydroxylation is 1. The summed E-state index contributed by atoms with van der Waals surface area (Å²) >= 11 is 0. The molecule has 1 aliphatic rings. The first-order valence-electron chi connectivity index (χ1n) is 13.5. The summed E-state index contributed by atoms with van der Waals surface area (Å²) in [4.78, 5) is 25.0. The van der Waals surface area contributed by atoms with Gasteiger partial charge >= 0.3 is 11.9 Å². The van der Waals surface area contributed by atoms with Gasteiger partial charge in [0.25, 0.3) is 0 Å². The van der Waals surface area contributed by atoms with Crippen molar-refractivity contribution in [3.05, 3.63) is 100 Å². The van der Waals surface area contributed by atoms with Crippen molar-refractivity contribution in [1.82, 2.24) is 4.90 Å². The fraction of sp³-hybridized carbons (Fsp3) is 0.333. The smallest absolute Gasteiger partial charge is 0.335 e. The highest BCUT2D eigenvalue weighted by Gasteiger charge is 2.26. The fourth-order valence-electron chi connectivity index (χ4n) is 5.29. The third-order valence-electron chi connectivity index (χ3n) is 7.36. The van der Waals surface area contributed by atoms with Crippen molar-refractivity contribution < 1.29 is 24.5 Å². The van der Waals surface area contributed by atoms with E-state index in [1.54, 1.807) is 6.07 Å². The Morgan fingerprint density at radius 3 is 2.54 bits per heavy atom. The first-order valence-corrected chi connectivity index (χ1v) is 13.5. The molecule has 1 unspecified atom stereocenters. The molecule has 6 nitrogen and oxygen atoms in total. The second-order valence-corrected chi connectivity index (χ2v) is 10.0. The lowest BCUT2D eigenvalue weighted by Crippen LogP contribution is -2.34. The van der Waals surface area contributed by atoms with Crippen molar-refractivity contribution in [3.8, 4) is 18.1 Å². The Labute approximate surface area is 230 Å². The van der Waals surface area contributed by atoms with E-state index in [4.69, 9.17) is 16.3 Å². The lowest BCUT2D eigenvalue weighted by atomic mass is 9.85. The minimum absolute atomic E-state index is 0.163. The minimum atomic E-state index is -0.908. The van der Waals surface area contributed by atoms with Gasteiger partial charge < -0.3 is 14.9 Å². The topological polar surface area (TPSA) is 87.1 Å². The highest BCUT2D eigenvalue weighted by atomic mass is 16.5. The molecule has 202 valence electrons. The Kier molecular flexibility index (Phi) is 9.77. The molecule has 0 saturated carbocycles. The standard InChI is InChI=1S/C33H35NO5/c1-2-24-13-15-25(16-14-24)23-39-31-11-4-3-8-26(31)19-21-34(20-6-5-12-32(35)36)30-10-7-9-27-22-28(33(37)38)17-18-29(27)30/h1,3-4,8,11,13-18,22,30H,5-7,9-10,12,19-21,23H2,(H,35,36)(H,37,38). The normalized spacial score (nSPS) is 14.4. The van der Waals surface area contributed by atoms with Crippen LogP contribution in [0.25, 0.3) is 0 Å². The highest BCUT2D eigenvalue weighted by Crippen LogP contribution is 2.35. The predicted molar refractivity (Wildman–Crippen MR) is 151 cm³/mol. The maximum atomic E-state index is 11.5. The number of nitrogens with zero attached hydrogens (tertiary/aromatic N) is 1.